The van der Waals surface area contributed by atoms with E-state index in [-0.39, 0.29) is 17.9 Å². The largest absolute Gasteiger partial charge is 0.340 e. The number of aromatic nitrogens is 2. The summed E-state index contributed by atoms with van der Waals surface area (Å²) in [5.41, 5.74) is 1.18. The lowest BCUT2D eigenvalue weighted by Crippen LogP contribution is -2.47. The fourth-order valence-corrected chi connectivity index (χ4v) is 3.50. The lowest BCUT2D eigenvalue weighted by molar-refractivity contribution is -0.138. The van der Waals surface area contributed by atoms with Crippen LogP contribution in [0.1, 0.15) is 38.7 Å². The summed E-state index contributed by atoms with van der Waals surface area (Å²) in [7, 11) is 0. The van der Waals surface area contributed by atoms with E-state index < -0.39 is 0 Å². The van der Waals surface area contributed by atoms with Crippen LogP contribution in [-0.2, 0) is 11.3 Å². The van der Waals surface area contributed by atoms with E-state index in [4.69, 9.17) is 0 Å². The summed E-state index contributed by atoms with van der Waals surface area (Å²) in [6.07, 6.45) is 6.40. The highest BCUT2D eigenvalue weighted by atomic mass is 16.2. The highest BCUT2D eigenvalue weighted by Gasteiger charge is 2.31. The predicted molar refractivity (Wildman–Crippen MR) is 104 cm³/mol. The number of hydrogen-bond donors (Lipinski definition) is 0. The van der Waals surface area contributed by atoms with Gasteiger partial charge in [-0.05, 0) is 37.8 Å². The summed E-state index contributed by atoms with van der Waals surface area (Å²) in [6, 6.07) is 12.3. The molecule has 2 aromatic rings. The second-order valence-corrected chi connectivity index (χ2v) is 7.04. The smallest absolute Gasteiger partial charge is 0.228 e. The second kappa shape index (κ2) is 8.79. The Bertz CT molecular complexity index is 692. The van der Waals surface area contributed by atoms with Gasteiger partial charge in [-0.15, -0.1) is 0 Å². The minimum atomic E-state index is 0.00488. The molecule has 2 unspecified atom stereocenters. The van der Waals surface area contributed by atoms with E-state index in [2.05, 4.69) is 45.7 Å². The Morgan fingerprint density at radius 2 is 1.96 bits per heavy atom. The number of carbonyl (C=O) groups is 1. The average Bonchev–Trinajstić information content (AvgIpc) is 2.72. The maximum Gasteiger partial charge on any atom is 0.228 e. The Morgan fingerprint density at radius 1 is 1.23 bits per heavy atom. The zero-order valence-corrected chi connectivity index (χ0v) is 15.7. The Labute approximate surface area is 156 Å². The van der Waals surface area contributed by atoms with Crippen molar-refractivity contribution in [3.63, 3.8) is 0 Å². The predicted octanol–water partition coefficient (Wildman–Crippen LogP) is 3.52. The lowest BCUT2D eigenvalue weighted by atomic mass is 9.95. The van der Waals surface area contributed by atoms with E-state index in [1.54, 1.807) is 12.4 Å². The number of nitrogens with zero attached hydrogens (tertiary/aromatic N) is 4. The molecule has 1 saturated heterocycles. The van der Waals surface area contributed by atoms with Gasteiger partial charge in [-0.1, -0.05) is 37.3 Å². The van der Waals surface area contributed by atoms with Crippen molar-refractivity contribution in [1.29, 1.82) is 0 Å². The van der Waals surface area contributed by atoms with Crippen molar-refractivity contribution in [2.45, 2.75) is 45.7 Å². The van der Waals surface area contributed by atoms with Crippen molar-refractivity contribution in [2.24, 2.45) is 5.92 Å². The number of anilines is 1. The quantitative estimate of drug-likeness (QED) is 0.798. The molecular weight excluding hydrogens is 324 g/mol. The number of rotatable bonds is 6. The first-order chi connectivity index (χ1) is 12.7. The van der Waals surface area contributed by atoms with E-state index in [0.717, 1.165) is 31.8 Å². The molecule has 0 saturated carbocycles. The van der Waals surface area contributed by atoms with Gasteiger partial charge in [0, 0.05) is 38.1 Å². The maximum absolute atomic E-state index is 13.3. The van der Waals surface area contributed by atoms with E-state index in [9.17, 15) is 4.79 Å². The van der Waals surface area contributed by atoms with E-state index >= 15 is 0 Å². The van der Waals surface area contributed by atoms with E-state index in [1.807, 2.05) is 24.3 Å². The van der Waals surface area contributed by atoms with Crippen LogP contribution < -0.4 is 4.90 Å². The molecule has 2 atom stereocenters. The normalized spacial score (nSPS) is 18.4. The molecule has 0 N–H and O–H groups in total. The molecule has 0 radical (unpaired) electrons. The highest BCUT2D eigenvalue weighted by Crippen LogP contribution is 2.24. The Hall–Kier alpha value is -2.43. The molecule has 1 amide bonds. The van der Waals surface area contributed by atoms with Gasteiger partial charge < -0.3 is 9.80 Å². The Kier molecular flexibility index (Phi) is 6.21. The minimum Gasteiger partial charge on any atom is -0.340 e. The molecule has 1 aromatic carbocycles. The molecule has 26 heavy (non-hydrogen) atoms. The fraction of sp³-hybridized carbons (Fsp3) is 0.476. The lowest BCUT2D eigenvalue weighted by Gasteiger charge is -2.37. The van der Waals surface area contributed by atoms with Crippen LogP contribution in [0, 0.1) is 5.92 Å². The van der Waals surface area contributed by atoms with Gasteiger partial charge in [0.25, 0.3) is 0 Å². The van der Waals surface area contributed by atoms with Crippen LogP contribution in [0.3, 0.4) is 0 Å². The van der Waals surface area contributed by atoms with E-state index in [1.165, 1.54) is 5.56 Å². The van der Waals surface area contributed by atoms with E-state index in [0.29, 0.717) is 13.1 Å². The van der Waals surface area contributed by atoms with Crippen LogP contribution in [0.5, 0.6) is 0 Å². The van der Waals surface area contributed by atoms with Gasteiger partial charge in [-0.25, -0.2) is 9.97 Å². The SMILES string of the molecule is CCC(C)N(Cc1ccccc1)C(=O)C1CCCN(c2ncccn2)C1. The summed E-state index contributed by atoms with van der Waals surface area (Å²) in [5.74, 6) is 0.984. The summed E-state index contributed by atoms with van der Waals surface area (Å²) >= 11 is 0. The number of carbonyl (C=O) groups excluding carboxylic acids is 1. The Balaban J connectivity index is 1.73. The number of piperidine rings is 1. The number of benzene rings is 1. The first-order valence-corrected chi connectivity index (χ1v) is 9.55. The molecule has 138 valence electrons. The number of amides is 1. The zero-order valence-electron chi connectivity index (χ0n) is 15.7. The van der Waals surface area contributed by atoms with Crippen molar-refractivity contribution in [2.75, 3.05) is 18.0 Å². The molecule has 5 heteroatoms. The molecule has 0 spiro atoms. The van der Waals surface area contributed by atoms with Crippen LogP contribution in [0.2, 0.25) is 0 Å². The third kappa shape index (κ3) is 4.40. The summed E-state index contributed by atoms with van der Waals surface area (Å²) in [5, 5.41) is 0. The molecule has 1 aliphatic rings. The summed E-state index contributed by atoms with van der Waals surface area (Å²) in [4.78, 5) is 26.2. The molecule has 3 rings (SSSR count). The van der Waals surface area contributed by atoms with Crippen LogP contribution in [0.15, 0.2) is 48.8 Å². The third-order valence-electron chi connectivity index (χ3n) is 5.21. The summed E-state index contributed by atoms with van der Waals surface area (Å²) in [6.45, 7) is 6.57. The highest BCUT2D eigenvalue weighted by molar-refractivity contribution is 5.80. The van der Waals surface area contributed by atoms with Crippen molar-refractivity contribution >= 4 is 11.9 Å². The fourth-order valence-electron chi connectivity index (χ4n) is 3.50. The van der Waals surface area contributed by atoms with Gasteiger partial charge in [0.2, 0.25) is 11.9 Å². The minimum absolute atomic E-state index is 0.00488. The van der Waals surface area contributed by atoms with Crippen molar-refractivity contribution in [3.05, 3.63) is 54.4 Å². The van der Waals surface area contributed by atoms with Gasteiger partial charge in [0.05, 0.1) is 5.92 Å². The van der Waals surface area contributed by atoms with Crippen LogP contribution in [0.4, 0.5) is 5.95 Å². The van der Waals surface area contributed by atoms with Gasteiger partial charge in [0.1, 0.15) is 0 Å². The molecular formula is C21H28N4O. The van der Waals surface area contributed by atoms with Gasteiger partial charge in [0.15, 0.2) is 0 Å². The second-order valence-electron chi connectivity index (χ2n) is 7.04. The molecule has 5 nitrogen and oxygen atoms in total. The maximum atomic E-state index is 13.3. The van der Waals surface area contributed by atoms with Crippen LogP contribution in [-0.4, -0.2) is 39.9 Å². The first-order valence-electron chi connectivity index (χ1n) is 9.55. The van der Waals surface area contributed by atoms with Crippen molar-refractivity contribution in [3.8, 4) is 0 Å². The average molecular weight is 352 g/mol. The molecule has 0 aliphatic carbocycles. The molecule has 1 aromatic heterocycles. The van der Waals surface area contributed by atoms with Crippen LogP contribution in [0.25, 0.3) is 0 Å². The van der Waals surface area contributed by atoms with Crippen molar-refractivity contribution in [1.82, 2.24) is 14.9 Å². The molecule has 1 fully saturated rings. The van der Waals surface area contributed by atoms with Crippen molar-refractivity contribution < 1.29 is 4.79 Å². The standard InChI is InChI=1S/C21H28N4O/c1-3-17(2)25(15-18-9-5-4-6-10-18)20(26)19-11-7-14-24(16-19)21-22-12-8-13-23-21/h4-6,8-10,12-13,17,19H,3,7,11,14-16H2,1-2H3. The molecule has 1 aliphatic heterocycles. The van der Waals surface area contributed by atoms with Gasteiger partial charge in [-0.2, -0.15) is 0 Å². The zero-order chi connectivity index (χ0) is 18.4. The molecule has 0 bridgehead atoms. The van der Waals surface area contributed by atoms with Gasteiger partial charge in [-0.3, -0.25) is 4.79 Å². The summed E-state index contributed by atoms with van der Waals surface area (Å²) < 4.78 is 0. The number of hydrogen-bond acceptors (Lipinski definition) is 4. The third-order valence-corrected chi connectivity index (χ3v) is 5.21. The van der Waals surface area contributed by atoms with Crippen LogP contribution >= 0.6 is 0 Å². The Morgan fingerprint density at radius 3 is 2.65 bits per heavy atom. The monoisotopic (exact) mass is 352 g/mol. The van der Waals surface area contributed by atoms with Gasteiger partial charge >= 0.3 is 0 Å². The molecule has 2 heterocycles. The first kappa shape index (κ1) is 18.4. The topological polar surface area (TPSA) is 49.3 Å².